The second-order valence-corrected chi connectivity index (χ2v) is 6.88. The Labute approximate surface area is 185 Å². The lowest BCUT2D eigenvalue weighted by Gasteiger charge is -2.14. The first-order chi connectivity index (χ1) is 15.5. The van der Waals surface area contributed by atoms with Gasteiger partial charge in [-0.2, -0.15) is 8.78 Å². The van der Waals surface area contributed by atoms with Crippen molar-refractivity contribution in [3.05, 3.63) is 65.5 Å². The highest BCUT2D eigenvalue weighted by molar-refractivity contribution is 5.79. The van der Waals surface area contributed by atoms with Crippen molar-refractivity contribution in [2.24, 2.45) is 4.99 Å². The van der Waals surface area contributed by atoms with E-state index in [1.807, 2.05) is 31.2 Å². The average Bonchev–Trinajstić information content (AvgIpc) is 3.25. The minimum absolute atomic E-state index is 0.00326. The summed E-state index contributed by atoms with van der Waals surface area (Å²) in [6.07, 6.45) is 1.60. The van der Waals surface area contributed by atoms with Gasteiger partial charge in [0.15, 0.2) is 17.5 Å². The van der Waals surface area contributed by atoms with Crippen LogP contribution in [-0.2, 0) is 13.1 Å². The van der Waals surface area contributed by atoms with Gasteiger partial charge in [0.05, 0.1) is 18.8 Å². The van der Waals surface area contributed by atoms with Crippen LogP contribution in [0.3, 0.4) is 0 Å². The predicted octanol–water partition coefficient (Wildman–Crippen LogP) is 4.52. The van der Waals surface area contributed by atoms with Crippen LogP contribution in [0.2, 0.25) is 0 Å². The van der Waals surface area contributed by atoms with Gasteiger partial charge < -0.3 is 24.5 Å². The average molecular weight is 444 g/mol. The summed E-state index contributed by atoms with van der Waals surface area (Å²) in [5.41, 5.74) is 3.63. The smallest absolute Gasteiger partial charge is 0.387 e. The molecular weight excluding hydrogens is 418 g/mol. The minimum Gasteiger partial charge on any atom is -0.490 e. The number of aromatic nitrogens is 1. The summed E-state index contributed by atoms with van der Waals surface area (Å²) < 4.78 is 40.6. The van der Waals surface area contributed by atoms with Gasteiger partial charge in [0.25, 0.3) is 0 Å². The van der Waals surface area contributed by atoms with Crippen LogP contribution in [0.5, 0.6) is 11.5 Å². The van der Waals surface area contributed by atoms with Crippen LogP contribution < -0.4 is 20.1 Å². The van der Waals surface area contributed by atoms with E-state index in [0.29, 0.717) is 31.5 Å². The number of nitrogens with zero attached hydrogens (tertiary/aromatic N) is 2. The van der Waals surface area contributed by atoms with Gasteiger partial charge in [0.1, 0.15) is 6.26 Å². The highest BCUT2D eigenvalue weighted by Crippen LogP contribution is 2.29. The molecule has 0 aliphatic rings. The molecule has 0 radical (unpaired) electrons. The number of hydrogen-bond donors (Lipinski definition) is 2. The molecule has 3 rings (SSSR count). The van der Waals surface area contributed by atoms with Crippen molar-refractivity contribution in [2.75, 3.05) is 13.7 Å². The van der Waals surface area contributed by atoms with Crippen molar-refractivity contribution in [1.29, 1.82) is 0 Å². The first kappa shape index (κ1) is 23.1. The summed E-state index contributed by atoms with van der Waals surface area (Å²) in [4.78, 5) is 8.69. The largest absolute Gasteiger partial charge is 0.490 e. The molecule has 0 unspecified atom stereocenters. The summed E-state index contributed by atoms with van der Waals surface area (Å²) in [5.74, 6) is 1.37. The number of hydrogen-bond acceptors (Lipinski definition) is 5. The van der Waals surface area contributed by atoms with Crippen LogP contribution in [0.25, 0.3) is 11.5 Å². The van der Waals surface area contributed by atoms with Crippen LogP contribution in [0, 0.1) is 6.92 Å². The van der Waals surface area contributed by atoms with Crippen molar-refractivity contribution >= 4 is 5.96 Å². The first-order valence-corrected chi connectivity index (χ1v) is 10.1. The summed E-state index contributed by atoms with van der Waals surface area (Å²) in [6, 6.07) is 12.8. The molecule has 0 saturated carbocycles. The van der Waals surface area contributed by atoms with Crippen LogP contribution >= 0.6 is 0 Å². The fourth-order valence-corrected chi connectivity index (χ4v) is 2.92. The normalized spacial score (nSPS) is 11.5. The lowest BCUT2D eigenvalue weighted by molar-refractivity contribution is -0.0514. The van der Waals surface area contributed by atoms with Crippen molar-refractivity contribution < 1.29 is 22.7 Å². The van der Waals surface area contributed by atoms with Gasteiger partial charge in [-0.1, -0.05) is 23.8 Å². The summed E-state index contributed by atoms with van der Waals surface area (Å²) in [6.45, 7) is 2.04. The fourth-order valence-electron chi connectivity index (χ4n) is 2.92. The molecule has 1 heterocycles. The van der Waals surface area contributed by atoms with Gasteiger partial charge in [-0.05, 0) is 43.7 Å². The van der Waals surface area contributed by atoms with Gasteiger partial charge in [-0.25, -0.2) is 4.98 Å². The molecule has 170 valence electrons. The number of ether oxygens (including phenoxy) is 2. The van der Waals surface area contributed by atoms with E-state index in [4.69, 9.17) is 9.15 Å². The van der Waals surface area contributed by atoms with Gasteiger partial charge in [0, 0.05) is 19.2 Å². The Kier molecular flexibility index (Phi) is 8.02. The molecule has 1 aromatic heterocycles. The Morgan fingerprint density at radius 1 is 1.09 bits per heavy atom. The van der Waals surface area contributed by atoms with Crippen molar-refractivity contribution in [2.45, 2.75) is 33.5 Å². The molecule has 0 fully saturated rings. The highest BCUT2D eigenvalue weighted by atomic mass is 19.3. The van der Waals surface area contributed by atoms with E-state index in [1.54, 1.807) is 32.4 Å². The van der Waals surface area contributed by atoms with Crippen LogP contribution in [0.4, 0.5) is 8.78 Å². The zero-order chi connectivity index (χ0) is 22.9. The standard InChI is InChI=1S/C23H26F2N4O3/c1-4-30-20-11-16(7-10-19(20)32-22(24)25)12-27-23(26-3)28-13-18-14-31-21(29-18)17-8-5-15(2)6-9-17/h5-11,14,22H,4,12-13H2,1-3H3,(H2,26,27,28). The number of aliphatic imine (C=N–C) groups is 1. The Morgan fingerprint density at radius 3 is 2.53 bits per heavy atom. The van der Waals surface area contributed by atoms with Gasteiger partial charge in [-0.3, -0.25) is 4.99 Å². The maximum Gasteiger partial charge on any atom is 0.387 e. The molecule has 9 heteroatoms. The third kappa shape index (κ3) is 6.44. The number of alkyl halides is 2. The SMILES string of the molecule is CCOc1cc(CNC(=NC)NCc2coc(-c3ccc(C)cc3)n2)ccc1OC(F)F. The zero-order valence-corrected chi connectivity index (χ0v) is 18.2. The zero-order valence-electron chi connectivity index (χ0n) is 18.2. The number of guanidine groups is 1. The van der Waals surface area contributed by atoms with E-state index in [1.165, 1.54) is 11.6 Å². The van der Waals surface area contributed by atoms with Gasteiger partial charge in [-0.15, -0.1) is 0 Å². The number of oxazole rings is 1. The third-order valence-corrected chi connectivity index (χ3v) is 4.49. The molecule has 3 aromatic rings. The van der Waals surface area contributed by atoms with E-state index >= 15 is 0 Å². The molecule has 0 aliphatic heterocycles. The molecule has 2 N–H and O–H groups in total. The number of nitrogens with one attached hydrogen (secondary N) is 2. The molecular formula is C23H26F2N4O3. The van der Waals surface area contributed by atoms with E-state index in [9.17, 15) is 8.78 Å². The van der Waals surface area contributed by atoms with Crippen molar-refractivity contribution in [1.82, 2.24) is 15.6 Å². The maximum absolute atomic E-state index is 12.6. The Hall–Kier alpha value is -3.62. The molecule has 0 saturated heterocycles. The quantitative estimate of drug-likeness (QED) is 0.373. The van der Waals surface area contributed by atoms with E-state index in [2.05, 4.69) is 25.3 Å². The number of benzene rings is 2. The molecule has 7 nitrogen and oxygen atoms in total. The summed E-state index contributed by atoms with van der Waals surface area (Å²) >= 11 is 0. The van der Waals surface area contributed by atoms with Crippen LogP contribution in [0.15, 0.2) is 58.1 Å². The molecule has 0 atom stereocenters. The van der Waals surface area contributed by atoms with Crippen molar-refractivity contribution in [3.8, 4) is 23.0 Å². The van der Waals surface area contributed by atoms with E-state index < -0.39 is 6.61 Å². The van der Waals surface area contributed by atoms with Crippen LogP contribution in [-0.4, -0.2) is 31.2 Å². The second-order valence-electron chi connectivity index (χ2n) is 6.88. The Morgan fingerprint density at radius 2 is 1.84 bits per heavy atom. The monoisotopic (exact) mass is 444 g/mol. The summed E-state index contributed by atoms with van der Waals surface area (Å²) in [5, 5.41) is 6.33. The number of rotatable bonds is 9. The van der Waals surface area contributed by atoms with Crippen molar-refractivity contribution in [3.63, 3.8) is 0 Å². The molecule has 32 heavy (non-hydrogen) atoms. The lowest BCUT2D eigenvalue weighted by Crippen LogP contribution is -2.36. The minimum atomic E-state index is -2.91. The third-order valence-electron chi connectivity index (χ3n) is 4.49. The maximum atomic E-state index is 12.6. The van der Waals surface area contributed by atoms with Gasteiger partial charge >= 0.3 is 6.61 Å². The Bertz CT molecular complexity index is 1040. The Balaban J connectivity index is 1.56. The van der Waals surface area contributed by atoms with E-state index in [0.717, 1.165) is 16.8 Å². The van der Waals surface area contributed by atoms with E-state index in [-0.39, 0.29) is 11.5 Å². The topological polar surface area (TPSA) is 80.9 Å². The second kappa shape index (κ2) is 11.1. The first-order valence-electron chi connectivity index (χ1n) is 10.1. The molecule has 0 bridgehead atoms. The number of halogens is 2. The highest BCUT2D eigenvalue weighted by Gasteiger charge is 2.12. The predicted molar refractivity (Wildman–Crippen MR) is 118 cm³/mol. The van der Waals surface area contributed by atoms with Crippen LogP contribution in [0.1, 0.15) is 23.7 Å². The van der Waals surface area contributed by atoms with Gasteiger partial charge in [0.2, 0.25) is 5.89 Å². The molecule has 0 amide bonds. The fraction of sp³-hybridized carbons (Fsp3) is 0.304. The molecule has 2 aromatic carbocycles. The molecule has 0 aliphatic carbocycles. The lowest BCUT2D eigenvalue weighted by atomic mass is 10.1. The number of aryl methyl sites for hydroxylation is 1. The summed E-state index contributed by atoms with van der Waals surface area (Å²) in [7, 11) is 1.65. The molecule has 0 spiro atoms.